The van der Waals surface area contributed by atoms with Crippen LogP contribution in [0.2, 0.25) is 0 Å². The zero-order chi connectivity index (χ0) is 16.0. The maximum Gasteiger partial charge on any atom is 0.433 e. The predicted molar refractivity (Wildman–Crippen MR) is 76.9 cm³/mol. The molecule has 1 rings (SSSR count). The first-order valence-electron chi connectivity index (χ1n) is 6.86. The van der Waals surface area contributed by atoms with Crippen molar-refractivity contribution < 1.29 is 13.2 Å². The topological polar surface area (TPSA) is 67.1 Å². The molecule has 0 saturated heterocycles. The van der Waals surface area contributed by atoms with Crippen LogP contribution in [0.4, 0.5) is 24.9 Å². The lowest BCUT2D eigenvalue weighted by Crippen LogP contribution is -2.27. The third-order valence-corrected chi connectivity index (χ3v) is 3.16. The number of rotatable bonds is 7. The number of alkyl halides is 3. The van der Waals surface area contributed by atoms with Gasteiger partial charge in [-0.25, -0.2) is 4.98 Å². The highest BCUT2D eigenvalue weighted by Gasteiger charge is 2.33. The molecule has 0 aliphatic rings. The number of nitrogen functional groups attached to an aromatic ring is 1. The lowest BCUT2D eigenvalue weighted by molar-refractivity contribution is -0.141. The highest BCUT2D eigenvalue weighted by molar-refractivity contribution is 5.41. The van der Waals surface area contributed by atoms with Crippen molar-refractivity contribution in [2.75, 3.05) is 31.2 Å². The summed E-state index contributed by atoms with van der Waals surface area (Å²) < 4.78 is 37.7. The van der Waals surface area contributed by atoms with E-state index < -0.39 is 11.9 Å². The molecule has 0 radical (unpaired) electrons. The molecule has 0 amide bonds. The lowest BCUT2D eigenvalue weighted by atomic mass is 10.2. The summed E-state index contributed by atoms with van der Waals surface area (Å²) in [5.74, 6) is -0.279. The van der Waals surface area contributed by atoms with E-state index in [9.17, 15) is 13.2 Å². The molecule has 8 heteroatoms. The van der Waals surface area contributed by atoms with Crippen molar-refractivity contribution in [3.8, 4) is 0 Å². The molecule has 0 unspecified atom stereocenters. The van der Waals surface area contributed by atoms with Crippen molar-refractivity contribution in [3.05, 3.63) is 11.8 Å². The minimum absolute atomic E-state index is 0.104. The van der Waals surface area contributed by atoms with Crippen molar-refractivity contribution in [1.29, 1.82) is 0 Å². The van der Waals surface area contributed by atoms with Gasteiger partial charge in [0.25, 0.3) is 0 Å². The molecule has 3 N–H and O–H groups in total. The maximum absolute atomic E-state index is 12.6. The minimum atomic E-state index is -4.52. The zero-order valence-corrected chi connectivity index (χ0v) is 12.5. The number of hydrogen-bond donors (Lipinski definition) is 2. The summed E-state index contributed by atoms with van der Waals surface area (Å²) in [6.07, 6.45) is -2.73. The molecule has 1 heterocycles. The Morgan fingerprint density at radius 2 is 1.95 bits per heavy atom. The van der Waals surface area contributed by atoms with Gasteiger partial charge in [0.15, 0.2) is 5.69 Å². The Hall–Kier alpha value is -1.57. The van der Waals surface area contributed by atoms with Crippen LogP contribution >= 0.6 is 0 Å². The first kappa shape index (κ1) is 17.5. The smallest absolute Gasteiger partial charge is 0.370 e. The Balaban J connectivity index is 2.44. The normalized spacial score (nSPS) is 12.2. The fourth-order valence-corrected chi connectivity index (χ4v) is 1.66. The molecule has 1 aromatic rings. The summed E-state index contributed by atoms with van der Waals surface area (Å²) in [4.78, 5) is 9.15. The van der Waals surface area contributed by atoms with Gasteiger partial charge in [-0.3, -0.25) is 0 Å². The van der Waals surface area contributed by atoms with E-state index in [0.717, 1.165) is 25.5 Å². The van der Waals surface area contributed by atoms with Crippen LogP contribution in [0.5, 0.6) is 0 Å². The number of unbranched alkanes of at least 4 members (excludes halogenated alkanes) is 1. The average molecular weight is 305 g/mol. The molecule has 5 nitrogen and oxygen atoms in total. The van der Waals surface area contributed by atoms with E-state index in [1.165, 1.54) is 0 Å². The Morgan fingerprint density at radius 1 is 1.29 bits per heavy atom. The van der Waals surface area contributed by atoms with Gasteiger partial charge < -0.3 is 16.0 Å². The van der Waals surface area contributed by atoms with Crippen LogP contribution in [-0.2, 0) is 6.18 Å². The van der Waals surface area contributed by atoms with Crippen LogP contribution < -0.4 is 11.1 Å². The fourth-order valence-electron chi connectivity index (χ4n) is 1.66. The monoisotopic (exact) mass is 305 g/mol. The van der Waals surface area contributed by atoms with Gasteiger partial charge in [0.1, 0.15) is 5.82 Å². The lowest BCUT2D eigenvalue weighted by Gasteiger charge is -2.20. The average Bonchev–Trinajstić information content (AvgIpc) is 2.36. The number of hydrogen-bond acceptors (Lipinski definition) is 5. The molecule has 0 aliphatic heterocycles. The van der Waals surface area contributed by atoms with E-state index in [0.29, 0.717) is 12.6 Å². The standard InChI is InChI=1S/C13H22F3N5/c1-9(2)21(3)7-5-4-6-18-11-8-10(13(14,15)16)19-12(17)20-11/h8-9H,4-7H2,1-3H3,(H3,17,18,19,20). The molecular formula is C13H22F3N5. The summed E-state index contributed by atoms with van der Waals surface area (Å²) in [6.45, 7) is 5.71. The molecule has 1 aromatic heterocycles. The van der Waals surface area contributed by atoms with E-state index in [1.807, 2.05) is 7.05 Å². The molecule has 0 bridgehead atoms. The van der Waals surface area contributed by atoms with Crippen molar-refractivity contribution >= 4 is 11.8 Å². The molecule has 0 aliphatic carbocycles. The SMILES string of the molecule is CC(C)N(C)CCCCNc1cc(C(F)(F)F)nc(N)n1. The fraction of sp³-hybridized carbons (Fsp3) is 0.692. The van der Waals surface area contributed by atoms with E-state index in [-0.39, 0.29) is 11.8 Å². The molecule has 0 fully saturated rings. The summed E-state index contributed by atoms with van der Waals surface area (Å²) in [6, 6.07) is 1.35. The Bertz CT molecular complexity index is 448. The highest BCUT2D eigenvalue weighted by Crippen LogP contribution is 2.29. The van der Waals surface area contributed by atoms with Gasteiger partial charge in [-0.15, -0.1) is 0 Å². The maximum atomic E-state index is 12.6. The molecule has 0 spiro atoms. The quantitative estimate of drug-likeness (QED) is 0.758. The van der Waals surface area contributed by atoms with Crippen LogP contribution in [0, 0.1) is 0 Å². The van der Waals surface area contributed by atoms with E-state index in [1.54, 1.807) is 0 Å². The van der Waals surface area contributed by atoms with E-state index in [2.05, 4.69) is 34.0 Å². The van der Waals surface area contributed by atoms with Crippen LogP contribution in [0.3, 0.4) is 0 Å². The van der Waals surface area contributed by atoms with Gasteiger partial charge in [0, 0.05) is 18.7 Å². The summed E-state index contributed by atoms with van der Waals surface area (Å²) in [5, 5.41) is 2.85. The molecular weight excluding hydrogens is 283 g/mol. The molecule has 0 atom stereocenters. The van der Waals surface area contributed by atoms with Gasteiger partial charge >= 0.3 is 6.18 Å². The third-order valence-electron chi connectivity index (χ3n) is 3.16. The van der Waals surface area contributed by atoms with Crippen LogP contribution in [0.15, 0.2) is 6.07 Å². The molecule has 0 aromatic carbocycles. The third kappa shape index (κ3) is 6.16. The molecule has 21 heavy (non-hydrogen) atoms. The Labute approximate surface area is 122 Å². The van der Waals surface area contributed by atoms with E-state index in [4.69, 9.17) is 5.73 Å². The van der Waals surface area contributed by atoms with Gasteiger partial charge in [-0.05, 0) is 40.3 Å². The summed E-state index contributed by atoms with van der Waals surface area (Å²) in [5.41, 5.74) is 4.26. The number of nitrogens with zero attached hydrogens (tertiary/aromatic N) is 3. The second-order valence-corrected chi connectivity index (χ2v) is 5.20. The van der Waals surface area contributed by atoms with Crippen molar-refractivity contribution in [2.24, 2.45) is 0 Å². The van der Waals surface area contributed by atoms with Gasteiger partial charge in [-0.2, -0.15) is 18.2 Å². The number of anilines is 2. The first-order valence-corrected chi connectivity index (χ1v) is 6.86. The largest absolute Gasteiger partial charge is 0.433 e. The Kier molecular flexibility index (Phi) is 6.19. The van der Waals surface area contributed by atoms with Gasteiger partial charge in [0.2, 0.25) is 5.95 Å². The van der Waals surface area contributed by atoms with Crippen LogP contribution in [0.25, 0.3) is 0 Å². The van der Waals surface area contributed by atoms with Crippen molar-refractivity contribution in [2.45, 2.75) is 38.9 Å². The minimum Gasteiger partial charge on any atom is -0.370 e. The van der Waals surface area contributed by atoms with Crippen LogP contribution in [-0.4, -0.2) is 41.0 Å². The summed E-state index contributed by atoms with van der Waals surface area (Å²) >= 11 is 0. The van der Waals surface area contributed by atoms with E-state index >= 15 is 0 Å². The van der Waals surface area contributed by atoms with Gasteiger partial charge in [0.05, 0.1) is 0 Å². The Morgan fingerprint density at radius 3 is 2.52 bits per heavy atom. The number of nitrogens with one attached hydrogen (secondary N) is 1. The highest BCUT2D eigenvalue weighted by atomic mass is 19.4. The van der Waals surface area contributed by atoms with Crippen molar-refractivity contribution in [1.82, 2.24) is 14.9 Å². The van der Waals surface area contributed by atoms with Gasteiger partial charge in [-0.1, -0.05) is 0 Å². The number of aromatic nitrogens is 2. The molecule has 0 saturated carbocycles. The predicted octanol–water partition coefficient (Wildman–Crippen LogP) is 2.61. The second kappa shape index (κ2) is 7.44. The van der Waals surface area contributed by atoms with Crippen LogP contribution in [0.1, 0.15) is 32.4 Å². The van der Waals surface area contributed by atoms with Crippen molar-refractivity contribution in [3.63, 3.8) is 0 Å². The zero-order valence-electron chi connectivity index (χ0n) is 12.5. The second-order valence-electron chi connectivity index (χ2n) is 5.20. The first-order chi connectivity index (χ1) is 9.70. The molecule has 120 valence electrons. The number of nitrogens with two attached hydrogens (primary N) is 1. The number of halogens is 3. The summed E-state index contributed by atoms with van der Waals surface area (Å²) in [7, 11) is 2.04.